The summed E-state index contributed by atoms with van der Waals surface area (Å²) in [5.74, 6) is -0.428. The molecule has 8 heteroatoms. The van der Waals surface area contributed by atoms with E-state index in [0.717, 1.165) is 11.1 Å². The number of carbonyl (C=O) groups is 1. The average molecular weight is 371 g/mol. The van der Waals surface area contributed by atoms with Gasteiger partial charge < -0.3 is 5.32 Å². The summed E-state index contributed by atoms with van der Waals surface area (Å²) >= 11 is 1.30. The van der Waals surface area contributed by atoms with Gasteiger partial charge in [0.25, 0.3) is 0 Å². The zero-order valence-corrected chi connectivity index (χ0v) is 15.0. The van der Waals surface area contributed by atoms with Crippen molar-refractivity contribution in [2.75, 3.05) is 0 Å². The lowest BCUT2D eigenvalue weighted by Crippen LogP contribution is -2.30. The molecule has 1 atom stereocenters. The molecule has 0 fully saturated rings. The van der Waals surface area contributed by atoms with Crippen molar-refractivity contribution in [3.05, 3.63) is 71.5 Å². The van der Waals surface area contributed by atoms with Crippen molar-refractivity contribution in [2.24, 2.45) is 0 Å². The van der Waals surface area contributed by atoms with Crippen LogP contribution in [0.5, 0.6) is 0 Å². The highest BCUT2D eigenvalue weighted by Crippen LogP contribution is 2.21. The highest BCUT2D eigenvalue weighted by Gasteiger charge is 2.18. The molecule has 1 N–H and O–H groups in total. The molecule has 6 nitrogen and oxygen atoms in total. The van der Waals surface area contributed by atoms with Crippen molar-refractivity contribution in [2.45, 2.75) is 30.4 Å². The number of nitrogens with one attached hydrogen (secondary N) is 1. The normalized spacial score (nSPS) is 11.9. The molecule has 0 bridgehead atoms. The van der Waals surface area contributed by atoms with Crippen LogP contribution in [-0.2, 0) is 17.9 Å². The minimum atomic E-state index is -0.365. The molecule has 2 aromatic carbocycles. The Bertz CT molecular complexity index is 854. The standard InChI is InChI=1S/C18H18FN5OS/c1-13(17(25)20-11-14-7-9-16(19)10-8-14)26-18-21-22-23-24(18)12-15-5-3-2-4-6-15/h2-10,13H,11-12H2,1H3,(H,20,25)/t13-/m0/s1. The number of hydrogen-bond donors (Lipinski definition) is 1. The summed E-state index contributed by atoms with van der Waals surface area (Å²) in [6.07, 6.45) is 0. The SMILES string of the molecule is C[C@H](Sc1nnnn1Cc1ccccc1)C(=O)NCc1ccc(F)cc1. The van der Waals surface area contributed by atoms with E-state index in [4.69, 9.17) is 0 Å². The molecule has 0 unspecified atom stereocenters. The Hall–Kier alpha value is -2.74. The van der Waals surface area contributed by atoms with Gasteiger partial charge >= 0.3 is 0 Å². The van der Waals surface area contributed by atoms with Gasteiger partial charge in [0.05, 0.1) is 11.8 Å². The maximum Gasteiger partial charge on any atom is 0.233 e. The van der Waals surface area contributed by atoms with E-state index in [-0.39, 0.29) is 17.0 Å². The lowest BCUT2D eigenvalue weighted by molar-refractivity contribution is -0.120. The van der Waals surface area contributed by atoms with Crippen LogP contribution in [0.1, 0.15) is 18.1 Å². The molecule has 1 heterocycles. The zero-order chi connectivity index (χ0) is 18.4. The summed E-state index contributed by atoms with van der Waals surface area (Å²) in [5, 5.41) is 14.8. The number of amides is 1. The summed E-state index contributed by atoms with van der Waals surface area (Å²) in [6, 6.07) is 15.9. The summed E-state index contributed by atoms with van der Waals surface area (Å²) in [6.45, 7) is 2.69. The number of thioether (sulfide) groups is 1. The third-order valence-electron chi connectivity index (χ3n) is 3.71. The van der Waals surface area contributed by atoms with Gasteiger partial charge in [-0.1, -0.05) is 54.2 Å². The minimum absolute atomic E-state index is 0.131. The second-order valence-electron chi connectivity index (χ2n) is 5.71. The number of hydrogen-bond acceptors (Lipinski definition) is 5. The van der Waals surface area contributed by atoms with Gasteiger partial charge in [-0.3, -0.25) is 4.79 Å². The first kappa shape index (κ1) is 18.1. The fourth-order valence-electron chi connectivity index (χ4n) is 2.28. The fourth-order valence-corrected chi connectivity index (χ4v) is 3.10. The van der Waals surface area contributed by atoms with E-state index >= 15 is 0 Å². The van der Waals surface area contributed by atoms with Gasteiger partial charge in [-0.05, 0) is 40.6 Å². The maximum atomic E-state index is 12.9. The van der Waals surface area contributed by atoms with Crippen molar-refractivity contribution in [1.29, 1.82) is 0 Å². The molecule has 0 aliphatic rings. The quantitative estimate of drug-likeness (QED) is 0.647. The third kappa shape index (κ3) is 4.89. The Labute approximate surface area is 154 Å². The van der Waals surface area contributed by atoms with E-state index in [9.17, 15) is 9.18 Å². The molecule has 134 valence electrons. The van der Waals surface area contributed by atoms with Crippen molar-refractivity contribution >= 4 is 17.7 Å². The molecule has 3 rings (SSSR count). The first-order chi connectivity index (χ1) is 12.6. The van der Waals surface area contributed by atoms with Crippen molar-refractivity contribution in [3.8, 4) is 0 Å². The molecular formula is C18H18FN5OS. The molecule has 1 aromatic heterocycles. The molecule has 0 saturated carbocycles. The van der Waals surface area contributed by atoms with E-state index in [0.29, 0.717) is 18.2 Å². The largest absolute Gasteiger partial charge is 0.351 e. The van der Waals surface area contributed by atoms with Gasteiger partial charge in [-0.2, -0.15) is 0 Å². The second-order valence-corrected chi connectivity index (χ2v) is 7.02. The minimum Gasteiger partial charge on any atom is -0.351 e. The van der Waals surface area contributed by atoms with Crippen LogP contribution in [0.2, 0.25) is 0 Å². The number of nitrogens with zero attached hydrogens (tertiary/aromatic N) is 4. The Morgan fingerprint density at radius 2 is 1.88 bits per heavy atom. The molecule has 0 radical (unpaired) electrons. The van der Waals surface area contributed by atoms with Crippen LogP contribution in [0.3, 0.4) is 0 Å². The molecule has 3 aromatic rings. The van der Waals surface area contributed by atoms with Crippen LogP contribution in [0, 0.1) is 5.82 Å². The van der Waals surface area contributed by atoms with Crippen molar-refractivity contribution in [3.63, 3.8) is 0 Å². The number of aromatic nitrogens is 4. The van der Waals surface area contributed by atoms with Gasteiger partial charge in [-0.15, -0.1) is 5.10 Å². The smallest absolute Gasteiger partial charge is 0.233 e. The Balaban J connectivity index is 1.56. The van der Waals surface area contributed by atoms with E-state index in [1.165, 1.54) is 23.9 Å². The monoisotopic (exact) mass is 371 g/mol. The number of tetrazole rings is 1. The number of carbonyl (C=O) groups excluding carboxylic acids is 1. The number of rotatable bonds is 7. The van der Waals surface area contributed by atoms with E-state index in [2.05, 4.69) is 20.8 Å². The topological polar surface area (TPSA) is 72.7 Å². The Morgan fingerprint density at radius 3 is 2.62 bits per heavy atom. The molecule has 0 aliphatic carbocycles. The average Bonchev–Trinajstić information content (AvgIpc) is 3.08. The molecule has 0 saturated heterocycles. The van der Waals surface area contributed by atoms with Crippen LogP contribution in [0.4, 0.5) is 4.39 Å². The lowest BCUT2D eigenvalue weighted by atomic mass is 10.2. The molecule has 0 spiro atoms. The van der Waals surface area contributed by atoms with Gasteiger partial charge in [-0.25, -0.2) is 9.07 Å². The predicted molar refractivity (Wildman–Crippen MR) is 96.9 cm³/mol. The van der Waals surface area contributed by atoms with Crippen LogP contribution in [-0.4, -0.2) is 31.4 Å². The van der Waals surface area contributed by atoms with Crippen LogP contribution in [0.15, 0.2) is 59.8 Å². The number of halogens is 1. The summed E-state index contributed by atoms with van der Waals surface area (Å²) in [7, 11) is 0. The predicted octanol–water partition coefficient (Wildman–Crippen LogP) is 2.66. The Morgan fingerprint density at radius 1 is 1.15 bits per heavy atom. The van der Waals surface area contributed by atoms with Crippen LogP contribution in [0.25, 0.3) is 0 Å². The van der Waals surface area contributed by atoms with E-state index in [1.54, 1.807) is 23.7 Å². The highest BCUT2D eigenvalue weighted by atomic mass is 32.2. The van der Waals surface area contributed by atoms with Crippen molar-refractivity contribution < 1.29 is 9.18 Å². The van der Waals surface area contributed by atoms with Gasteiger partial charge in [0.2, 0.25) is 11.1 Å². The van der Waals surface area contributed by atoms with Gasteiger partial charge in [0, 0.05) is 6.54 Å². The summed E-state index contributed by atoms with van der Waals surface area (Å²) < 4.78 is 14.6. The molecular weight excluding hydrogens is 353 g/mol. The third-order valence-corrected chi connectivity index (χ3v) is 4.78. The van der Waals surface area contributed by atoms with Gasteiger partial charge in [0.15, 0.2) is 0 Å². The van der Waals surface area contributed by atoms with E-state index < -0.39 is 0 Å². The second kappa shape index (κ2) is 8.57. The zero-order valence-electron chi connectivity index (χ0n) is 14.2. The maximum absolute atomic E-state index is 12.9. The fraction of sp³-hybridized carbons (Fsp3) is 0.222. The first-order valence-corrected chi connectivity index (χ1v) is 8.98. The summed E-state index contributed by atoms with van der Waals surface area (Å²) in [4.78, 5) is 12.3. The molecule has 26 heavy (non-hydrogen) atoms. The number of benzene rings is 2. The van der Waals surface area contributed by atoms with Crippen LogP contribution >= 0.6 is 11.8 Å². The molecule has 0 aliphatic heterocycles. The van der Waals surface area contributed by atoms with Crippen molar-refractivity contribution in [1.82, 2.24) is 25.5 Å². The lowest BCUT2D eigenvalue weighted by Gasteiger charge is -2.12. The highest BCUT2D eigenvalue weighted by molar-refractivity contribution is 8.00. The first-order valence-electron chi connectivity index (χ1n) is 8.11. The summed E-state index contributed by atoms with van der Waals surface area (Å²) in [5.41, 5.74) is 1.92. The Kier molecular flexibility index (Phi) is 5.96. The molecule has 1 amide bonds. The van der Waals surface area contributed by atoms with Gasteiger partial charge in [0.1, 0.15) is 5.82 Å². The van der Waals surface area contributed by atoms with E-state index in [1.807, 2.05) is 30.3 Å². The van der Waals surface area contributed by atoms with Crippen LogP contribution < -0.4 is 5.32 Å².